The van der Waals surface area contributed by atoms with Crippen LogP contribution in [0.15, 0.2) is 42.9 Å². The van der Waals surface area contributed by atoms with Crippen molar-refractivity contribution in [3.05, 3.63) is 48.4 Å². The van der Waals surface area contributed by atoms with Crippen LogP contribution in [0.3, 0.4) is 0 Å². The van der Waals surface area contributed by atoms with Gasteiger partial charge < -0.3 is 15.1 Å². The van der Waals surface area contributed by atoms with Crippen molar-refractivity contribution >= 4 is 17.5 Å². The van der Waals surface area contributed by atoms with Crippen molar-refractivity contribution in [2.75, 3.05) is 36.4 Å². The first-order chi connectivity index (χ1) is 10.7. The van der Waals surface area contributed by atoms with Crippen molar-refractivity contribution in [2.45, 2.75) is 6.92 Å². The number of urea groups is 1. The van der Waals surface area contributed by atoms with E-state index in [-0.39, 0.29) is 6.03 Å². The van der Waals surface area contributed by atoms with Crippen LogP contribution in [0.5, 0.6) is 0 Å². The first-order valence-electron chi connectivity index (χ1n) is 7.36. The summed E-state index contributed by atoms with van der Waals surface area (Å²) in [5.74, 6) is 0.862. The second-order valence-electron chi connectivity index (χ2n) is 5.33. The minimum absolute atomic E-state index is 0.0531. The largest absolute Gasteiger partial charge is 0.352 e. The van der Waals surface area contributed by atoms with Crippen LogP contribution in [0.4, 0.5) is 16.3 Å². The van der Waals surface area contributed by atoms with E-state index < -0.39 is 0 Å². The highest BCUT2D eigenvalue weighted by Gasteiger charge is 2.21. The van der Waals surface area contributed by atoms with Crippen LogP contribution < -0.4 is 10.2 Å². The van der Waals surface area contributed by atoms with Crippen LogP contribution >= 0.6 is 0 Å². The van der Waals surface area contributed by atoms with E-state index in [0.717, 1.165) is 24.6 Å². The molecule has 0 atom stereocenters. The van der Waals surface area contributed by atoms with Gasteiger partial charge in [0.2, 0.25) is 0 Å². The summed E-state index contributed by atoms with van der Waals surface area (Å²) in [4.78, 5) is 24.6. The Kier molecular flexibility index (Phi) is 4.18. The summed E-state index contributed by atoms with van der Waals surface area (Å²) in [7, 11) is 0. The van der Waals surface area contributed by atoms with E-state index >= 15 is 0 Å². The number of carbonyl (C=O) groups is 1. The van der Waals surface area contributed by atoms with E-state index in [0.29, 0.717) is 13.1 Å². The summed E-state index contributed by atoms with van der Waals surface area (Å²) < 4.78 is 0. The Balaban J connectivity index is 1.54. The molecule has 114 valence electrons. The van der Waals surface area contributed by atoms with E-state index in [1.54, 1.807) is 18.6 Å². The molecule has 1 aliphatic heterocycles. The first-order valence-corrected chi connectivity index (χ1v) is 7.36. The maximum absolute atomic E-state index is 12.3. The molecular formula is C16H19N5O. The average Bonchev–Trinajstić information content (AvgIpc) is 2.58. The van der Waals surface area contributed by atoms with Crippen LogP contribution in [0.2, 0.25) is 0 Å². The summed E-state index contributed by atoms with van der Waals surface area (Å²) in [6.07, 6.45) is 5.10. The number of aryl methyl sites for hydroxylation is 1. The molecule has 1 saturated heterocycles. The zero-order valence-corrected chi connectivity index (χ0v) is 12.6. The fourth-order valence-corrected chi connectivity index (χ4v) is 2.43. The van der Waals surface area contributed by atoms with E-state index in [2.05, 4.69) is 20.2 Å². The van der Waals surface area contributed by atoms with E-state index in [4.69, 9.17) is 0 Å². The Morgan fingerprint density at radius 1 is 1.09 bits per heavy atom. The van der Waals surface area contributed by atoms with Crippen LogP contribution in [0, 0.1) is 6.92 Å². The topological polar surface area (TPSA) is 61.4 Å². The molecule has 1 fully saturated rings. The number of amides is 2. The zero-order chi connectivity index (χ0) is 15.4. The molecule has 1 N–H and O–H groups in total. The number of aromatic nitrogens is 2. The van der Waals surface area contributed by atoms with Gasteiger partial charge >= 0.3 is 6.03 Å². The predicted octanol–water partition coefficient (Wildman–Crippen LogP) is 2.14. The van der Waals surface area contributed by atoms with Crippen molar-refractivity contribution in [1.29, 1.82) is 0 Å². The van der Waals surface area contributed by atoms with Gasteiger partial charge in [-0.25, -0.2) is 9.78 Å². The third-order valence-electron chi connectivity index (χ3n) is 3.74. The van der Waals surface area contributed by atoms with E-state index in [1.807, 2.05) is 36.1 Å². The van der Waals surface area contributed by atoms with Gasteiger partial charge in [0, 0.05) is 44.3 Å². The number of hydrogen-bond donors (Lipinski definition) is 1. The van der Waals surface area contributed by atoms with Crippen molar-refractivity contribution in [2.24, 2.45) is 0 Å². The van der Waals surface area contributed by atoms with Gasteiger partial charge in [-0.1, -0.05) is 17.7 Å². The summed E-state index contributed by atoms with van der Waals surface area (Å²) in [6.45, 7) is 4.90. The van der Waals surface area contributed by atoms with Crippen molar-refractivity contribution < 1.29 is 4.79 Å². The molecule has 1 aliphatic rings. The summed E-state index contributed by atoms with van der Waals surface area (Å²) in [5, 5.41) is 2.93. The molecule has 0 unspecified atom stereocenters. The molecule has 0 aliphatic carbocycles. The second-order valence-corrected chi connectivity index (χ2v) is 5.33. The highest BCUT2D eigenvalue weighted by Crippen LogP contribution is 2.13. The lowest BCUT2D eigenvalue weighted by atomic mass is 10.2. The van der Waals surface area contributed by atoms with Gasteiger partial charge in [-0.05, 0) is 19.1 Å². The Morgan fingerprint density at radius 3 is 2.45 bits per heavy atom. The van der Waals surface area contributed by atoms with Gasteiger partial charge in [-0.3, -0.25) is 4.98 Å². The van der Waals surface area contributed by atoms with Gasteiger partial charge in [-0.2, -0.15) is 0 Å². The Hall–Kier alpha value is -2.63. The maximum atomic E-state index is 12.3. The third-order valence-corrected chi connectivity index (χ3v) is 3.74. The summed E-state index contributed by atoms with van der Waals surface area (Å²) in [6, 6.07) is 7.76. The minimum atomic E-state index is -0.0531. The van der Waals surface area contributed by atoms with Gasteiger partial charge in [-0.15, -0.1) is 0 Å². The fourth-order valence-electron chi connectivity index (χ4n) is 2.43. The minimum Gasteiger partial charge on any atom is -0.352 e. The summed E-state index contributed by atoms with van der Waals surface area (Å²) >= 11 is 0. The molecule has 1 aromatic heterocycles. The molecule has 1 aromatic carbocycles. The van der Waals surface area contributed by atoms with Gasteiger partial charge in [0.25, 0.3) is 0 Å². The van der Waals surface area contributed by atoms with Gasteiger partial charge in [0.1, 0.15) is 5.82 Å². The Morgan fingerprint density at radius 2 is 1.82 bits per heavy atom. The molecule has 0 saturated carbocycles. The van der Waals surface area contributed by atoms with Crippen LogP contribution in [-0.2, 0) is 0 Å². The number of anilines is 2. The molecule has 0 radical (unpaired) electrons. The van der Waals surface area contributed by atoms with Gasteiger partial charge in [0.05, 0.1) is 6.20 Å². The predicted molar refractivity (Wildman–Crippen MR) is 86.0 cm³/mol. The molecule has 2 heterocycles. The lowest BCUT2D eigenvalue weighted by Crippen LogP contribution is -2.50. The van der Waals surface area contributed by atoms with Gasteiger partial charge in [0.15, 0.2) is 0 Å². The lowest BCUT2D eigenvalue weighted by molar-refractivity contribution is 0.208. The van der Waals surface area contributed by atoms with E-state index in [9.17, 15) is 4.79 Å². The number of nitrogens with one attached hydrogen (secondary N) is 1. The normalized spacial score (nSPS) is 14.8. The SMILES string of the molecule is Cc1ccc(NC(=O)N2CCN(c3cnccn3)CC2)cc1. The molecular weight excluding hydrogens is 278 g/mol. The van der Waals surface area contributed by atoms with Crippen LogP contribution in [-0.4, -0.2) is 47.1 Å². The quantitative estimate of drug-likeness (QED) is 0.922. The number of piperazine rings is 1. The van der Waals surface area contributed by atoms with Crippen molar-refractivity contribution in [3.8, 4) is 0 Å². The molecule has 6 heteroatoms. The Labute approximate surface area is 129 Å². The molecule has 6 nitrogen and oxygen atoms in total. The highest BCUT2D eigenvalue weighted by molar-refractivity contribution is 5.89. The lowest BCUT2D eigenvalue weighted by Gasteiger charge is -2.35. The molecule has 22 heavy (non-hydrogen) atoms. The number of rotatable bonds is 2. The highest BCUT2D eigenvalue weighted by atomic mass is 16.2. The number of hydrogen-bond acceptors (Lipinski definition) is 4. The third kappa shape index (κ3) is 3.33. The van der Waals surface area contributed by atoms with Crippen LogP contribution in [0.25, 0.3) is 0 Å². The molecule has 2 amide bonds. The maximum Gasteiger partial charge on any atom is 0.321 e. The Bertz CT molecular complexity index is 621. The molecule has 0 bridgehead atoms. The molecule has 2 aromatic rings. The summed E-state index contributed by atoms with van der Waals surface area (Å²) in [5.41, 5.74) is 2.00. The smallest absolute Gasteiger partial charge is 0.321 e. The molecule has 3 rings (SSSR count). The number of benzene rings is 1. The van der Waals surface area contributed by atoms with Crippen LogP contribution in [0.1, 0.15) is 5.56 Å². The number of carbonyl (C=O) groups excluding carboxylic acids is 1. The standard InChI is InChI=1S/C16H19N5O/c1-13-2-4-14(5-3-13)19-16(22)21-10-8-20(9-11-21)15-12-17-6-7-18-15/h2-7,12H,8-11H2,1H3,(H,19,22). The first kappa shape index (κ1) is 14.3. The molecule has 0 spiro atoms. The fraction of sp³-hybridized carbons (Fsp3) is 0.312. The number of nitrogens with zero attached hydrogens (tertiary/aromatic N) is 4. The average molecular weight is 297 g/mol. The van der Waals surface area contributed by atoms with Crippen molar-refractivity contribution in [1.82, 2.24) is 14.9 Å². The monoisotopic (exact) mass is 297 g/mol. The van der Waals surface area contributed by atoms with E-state index in [1.165, 1.54) is 5.56 Å². The second kappa shape index (κ2) is 6.43. The van der Waals surface area contributed by atoms with Crippen molar-refractivity contribution in [3.63, 3.8) is 0 Å². The zero-order valence-electron chi connectivity index (χ0n) is 12.6.